The molecule has 0 bridgehead atoms. The highest BCUT2D eigenvalue weighted by atomic mass is 32.2. The zero-order valence-electron chi connectivity index (χ0n) is 15.9. The van der Waals surface area contributed by atoms with Crippen LogP contribution in [0.1, 0.15) is 12.5 Å². The van der Waals surface area contributed by atoms with Crippen LogP contribution in [0.5, 0.6) is 5.75 Å². The van der Waals surface area contributed by atoms with E-state index in [2.05, 4.69) is 15.5 Å². The average Bonchev–Trinajstić information content (AvgIpc) is 3.17. The predicted octanol–water partition coefficient (Wildman–Crippen LogP) is 4.43. The molecule has 0 aliphatic heterocycles. The summed E-state index contributed by atoms with van der Waals surface area (Å²) in [7, 11) is 0. The monoisotopic (exact) mass is 404 g/mol. The van der Waals surface area contributed by atoms with Gasteiger partial charge in [-0.1, -0.05) is 48.2 Å². The SMILES string of the molecule is C[C@@H](Sc1nnc2ccccn12)C(=O)Nc1ccc(OCc2ccccc2)cc1. The van der Waals surface area contributed by atoms with Crippen LogP contribution in [0.15, 0.2) is 84.1 Å². The number of rotatable bonds is 7. The number of nitrogens with zero attached hydrogens (tertiary/aromatic N) is 3. The molecular weight excluding hydrogens is 384 g/mol. The van der Waals surface area contributed by atoms with Gasteiger partial charge in [0, 0.05) is 11.9 Å². The van der Waals surface area contributed by atoms with Gasteiger partial charge in [-0.25, -0.2) is 0 Å². The third-order valence-corrected chi connectivity index (χ3v) is 5.36. The Morgan fingerprint density at radius 2 is 1.79 bits per heavy atom. The van der Waals surface area contributed by atoms with Crippen LogP contribution in [-0.4, -0.2) is 25.8 Å². The first-order valence-corrected chi connectivity index (χ1v) is 10.1. The van der Waals surface area contributed by atoms with Crippen molar-refractivity contribution in [1.82, 2.24) is 14.6 Å². The maximum atomic E-state index is 12.5. The van der Waals surface area contributed by atoms with E-state index in [-0.39, 0.29) is 11.2 Å². The molecule has 0 aliphatic carbocycles. The van der Waals surface area contributed by atoms with E-state index in [0.717, 1.165) is 22.6 Å². The molecule has 6 nitrogen and oxygen atoms in total. The van der Waals surface area contributed by atoms with E-state index in [1.165, 1.54) is 11.8 Å². The van der Waals surface area contributed by atoms with Gasteiger partial charge in [-0.05, 0) is 48.9 Å². The summed E-state index contributed by atoms with van der Waals surface area (Å²) in [4.78, 5) is 12.5. The van der Waals surface area contributed by atoms with Gasteiger partial charge in [-0.3, -0.25) is 9.20 Å². The smallest absolute Gasteiger partial charge is 0.237 e. The van der Waals surface area contributed by atoms with Crippen LogP contribution in [0.3, 0.4) is 0 Å². The number of benzene rings is 2. The summed E-state index contributed by atoms with van der Waals surface area (Å²) in [6.07, 6.45) is 1.89. The molecule has 4 rings (SSSR count). The Labute approximate surface area is 172 Å². The minimum Gasteiger partial charge on any atom is -0.489 e. The highest BCUT2D eigenvalue weighted by Crippen LogP contribution is 2.24. The summed E-state index contributed by atoms with van der Waals surface area (Å²) in [5.74, 6) is 0.657. The maximum absolute atomic E-state index is 12.5. The standard InChI is InChI=1S/C22H20N4O2S/c1-16(29-22-25-24-20-9-5-6-14-26(20)22)21(27)23-18-10-12-19(13-11-18)28-15-17-7-3-2-4-8-17/h2-14,16H,15H2,1H3,(H,23,27)/t16-/m1/s1. The van der Waals surface area contributed by atoms with E-state index in [4.69, 9.17) is 4.74 Å². The van der Waals surface area contributed by atoms with Gasteiger partial charge in [-0.15, -0.1) is 10.2 Å². The fraction of sp³-hybridized carbons (Fsp3) is 0.136. The second-order valence-corrected chi connectivity index (χ2v) is 7.77. The van der Waals surface area contributed by atoms with Crippen LogP contribution in [0.4, 0.5) is 5.69 Å². The van der Waals surface area contributed by atoms with Gasteiger partial charge in [0.1, 0.15) is 12.4 Å². The number of carbonyl (C=O) groups is 1. The van der Waals surface area contributed by atoms with Gasteiger partial charge >= 0.3 is 0 Å². The summed E-state index contributed by atoms with van der Waals surface area (Å²) in [6, 6.07) is 23.1. The lowest BCUT2D eigenvalue weighted by molar-refractivity contribution is -0.115. The summed E-state index contributed by atoms with van der Waals surface area (Å²) in [5.41, 5.74) is 2.59. The fourth-order valence-electron chi connectivity index (χ4n) is 2.73. The molecule has 2 aromatic carbocycles. The lowest BCUT2D eigenvalue weighted by Crippen LogP contribution is -2.22. The number of amides is 1. The van der Waals surface area contributed by atoms with Crippen LogP contribution in [0, 0.1) is 0 Å². The van der Waals surface area contributed by atoms with Crippen molar-refractivity contribution in [2.45, 2.75) is 23.9 Å². The van der Waals surface area contributed by atoms with Crippen LogP contribution in [0.2, 0.25) is 0 Å². The molecule has 2 heterocycles. The Morgan fingerprint density at radius 1 is 1.03 bits per heavy atom. The highest BCUT2D eigenvalue weighted by Gasteiger charge is 2.18. The number of ether oxygens (including phenoxy) is 1. The lowest BCUT2D eigenvalue weighted by atomic mass is 10.2. The first kappa shape index (κ1) is 19.0. The van der Waals surface area contributed by atoms with Crippen molar-refractivity contribution in [3.8, 4) is 5.75 Å². The number of anilines is 1. The van der Waals surface area contributed by atoms with Gasteiger partial charge in [0.25, 0.3) is 0 Å². The Hall–Kier alpha value is -3.32. The second-order valence-electron chi connectivity index (χ2n) is 6.46. The molecule has 29 heavy (non-hydrogen) atoms. The van der Waals surface area contributed by atoms with Crippen molar-refractivity contribution in [3.63, 3.8) is 0 Å². The third kappa shape index (κ3) is 4.75. The van der Waals surface area contributed by atoms with E-state index < -0.39 is 0 Å². The number of hydrogen-bond acceptors (Lipinski definition) is 5. The number of fused-ring (bicyclic) bond motifs is 1. The van der Waals surface area contributed by atoms with Gasteiger partial charge in [0.15, 0.2) is 10.8 Å². The normalized spacial score (nSPS) is 11.9. The molecule has 146 valence electrons. The number of carbonyl (C=O) groups excluding carboxylic acids is 1. The van der Waals surface area contributed by atoms with E-state index in [0.29, 0.717) is 11.8 Å². The topological polar surface area (TPSA) is 68.5 Å². The number of aromatic nitrogens is 3. The Balaban J connectivity index is 1.33. The molecule has 1 atom stereocenters. The van der Waals surface area contributed by atoms with Crippen LogP contribution >= 0.6 is 11.8 Å². The second kappa shape index (κ2) is 8.79. The van der Waals surface area contributed by atoms with Crippen LogP contribution in [-0.2, 0) is 11.4 Å². The first-order chi connectivity index (χ1) is 14.2. The molecule has 0 saturated carbocycles. The lowest BCUT2D eigenvalue weighted by Gasteiger charge is -2.12. The largest absolute Gasteiger partial charge is 0.489 e. The van der Waals surface area contributed by atoms with E-state index in [1.54, 1.807) is 0 Å². The van der Waals surface area contributed by atoms with Crippen LogP contribution < -0.4 is 10.1 Å². The number of nitrogens with one attached hydrogen (secondary N) is 1. The quantitative estimate of drug-likeness (QED) is 0.462. The van der Waals surface area contributed by atoms with Crippen molar-refractivity contribution in [2.24, 2.45) is 0 Å². The van der Waals surface area contributed by atoms with Crippen molar-refractivity contribution in [1.29, 1.82) is 0 Å². The Morgan fingerprint density at radius 3 is 2.59 bits per heavy atom. The maximum Gasteiger partial charge on any atom is 0.237 e. The van der Waals surface area contributed by atoms with Gasteiger partial charge in [0.2, 0.25) is 5.91 Å². The van der Waals surface area contributed by atoms with Crippen molar-refractivity contribution in [2.75, 3.05) is 5.32 Å². The average molecular weight is 404 g/mol. The summed E-state index contributed by atoms with van der Waals surface area (Å²) >= 11 is 1.37. The summed E-state index contributed by atoms with van der Waals surface area (Å²) < 4.78 is 7.64. The molecule has 0 saturated heterocycles. The molecule has 0 aliphatic rings. The summed E-state index contributed by atoms with van der Waals surface area (Å²) in [5, 5.41) is 11.6. The summed E-state index contributed by atoms with van der Waals surface area (Å²) in [6.45, 7) is 2.36. The Bertz CT molecular complexity index is 1100. The number of thioether (sulfide) groups is 1. The van der Waals surface area contributed by atoms with Crippen LogP contribution in [0.25, 0.3) is 5.65 Å². The van der Waals surface area contributed by atoms with E-state index >= 15 is 0 Å². The zero-order valence-corrected chi connectivity index (χ0v) is 16.7. The molecule has 2 aromatic heterocycles. The van der Waals surface area contributed by atoms with Crippen molar-refractivity contribution < 1.29 is 9.53 Å². The molecule has 0 spiro atoms. The predicted molar refractivity (Wildman–Crippen MR) is 114 cm³/mol. The van der Waals surface area contributed by atoms with Gasteiger partial charge in [0.05, 0.1) is 5.25 Å². The highest BCUT2D eigenvalue weighted by molar-refractivity contribution is 8.00. The minimum atomic E-state index is -0.323. The zero-order chi connectivity index (χ0) is 20.1. The molecule has 0 fully saturated rings. The molecular formula is C22H20N4O2S. The first-order valence-electron chi connectivity index (χ1n) is 9.23. The minimum absolute atomic E-state index is 0.0966. The molecule has 7 heteroatoms. The Kier molecular flexibility index (Phi) is 5.76. The fourth-order valence-corrected chi connectivity index (χ4v) is 3.57. The van der Waals surface area contributed by atoms with E-state index in [1.807, 2.05) is 90.3 Å². The third-order valence-electron chi connectivity index (χ3n) is 4.30. The van der Waals surface area contributed by atoms with Crippen molar-refractivity contribution >= 4 is 29.0 Å². The molecule has 1 N–H and O–H groups in total. The molecule has 1 amide bonds. The van der Waals surface area contributed by atoms with Gasteiger partial charge in [-0.2, -0.15) is 0 Å². The molecule has 0 radical (unpaired) electrons. The van der Waals surface area contributed by atoms with E-state index in [9.17, 15) is 4.79 Å². The molecule has 0 unspecified atom stereocenters. The van der Waals surface area contributed by atoms with Gasteiger partial charge < -0.3 is 10.1 Å². The number of pyridine rings is 1. The van der Waals surface area contributed by atoms with Crippen molar-refractivity contribution in [3.05, 3.63) is 84.6 Å². The molecule has 4 aromatic rings. The number of hydrogen-bond donors (Lipinski definition) is 1.